The average molecular weight is 316 g/mol. The minimum absolute atomic E-state index is 0.0289. The molecule has 0 amide bonds. The summed E-state index contributed by atoms with van der Waals surface area (Å²) in [5, 5.41) is 10.4. The first-order valence-electron chi connectivity index (χ1n) is 7.48. The summed E-state index contributed by atoms with van der Waals surface area (Å²) in [6.07, 6.45) is -0.558. The van der Waals surface area contributed by atoms with Gasteiger partial charge in [-0.1, -0.05) is 0 Å². The number of methoxy groups -OCH3 is 1. The average Bonchev–Trinajstić information content (AvgIpc) is 3.01. The lowest BCUT2D eigenvalue weighted by Gasteiger charge is -2.22. The van der Waals surface area contributed by atoms with E-state index in [9.17, 15) is 14.7 Å². The molecule has 0 spiro atoms. The lowest BCUT2D eigenvalue weighted by atomic mass is 9.84. The Labute approximate surface area is 132 Å². The third-order valence-corrected chi connectivity index (χ3v) is 4.75. The predicted molar refractivity (Wildman–Crippen MR) is 78.3 cm³/mol. The maximum absolute atomic E-state index is 12.7. The van der Waals surface area contributed by atoms with Gasteiger partial charge in [0.15, 0.2) is 17.8 Å². The molecule has 1 saturated heterocycles. The lowest BCUT2D eigenvalue weighted by Crippen LogP contribution is -2.24. The third kappa shape index (κ3) is 1.76. The van der Waals surface area contributed by atoms with Gasteiger partial charge < -0.3 is 19.3 Å². The number of hydrogen-bond acceptors (Lipinski definition) is 6. The van der Waals surface area contributed by atoms with Crippen LogP contribution in [0.4, 0.5) is 0 Å². The van der Waals surface area contributed by atoms with E-state index in [0.29, 0.717) is 23.1 Å². The van der Waals surface area contributed by atoms with Crippen LogP contribution in [0.2, 0.25) is 0 Å². The Morgan fingerprint density at radius 2 is 2.00 bits per heavy atom. The maximum atomic E-state index is 12.7. The number of hydrogen-bond donors (Lipinski definition) is 1. The summed E-state index contributed by atoms with van der Waals surface area (Å²) in [6.45, 7) is 3.37. The Hall–Kier alpha value is -2.18. The van der Waals surface area contributed by atoms with E-state index < -0.39 is 6.10 Å². The summed E-state index contributed by atoms with van der Waals surface area (Å²) in [6, 6.07) is 1.34. The van der Waals surface area contributed by atoms with Gasteiger partial charge in [-0.25, -0.2) is 0 Å². The number of phenolic OH excluding ortho intramolecular Hbond substituents is 1. The predicted octanol–water partition coefficient (Wildman–Crippen LogP) is 2.05. The van der Waals surface area contributed by atoms with Crippen molar-refractivity contribution in [2.75, 3.05) is 7.11 Å². The number of Topliss-reactive ketones (excluding diaryl/α,β-unsaturated/α-hetero) is 2. The number of fused-ring (bicyclic) bond motifs is 5. The number of carbonyl (C=O) groups excluding carboxylic acids is 2. The van der Waals surface area contributed by atoms with Crippen LogP contribution in [0, 0.1) is 0 Å². The fourth-order valence-corrected chi connectivity index (χ4v) is 3.79. The number of aromatic hydroxyl groups is 1. The summed E-state index contributed by atoms with van der Waals surface area (Å²) >= 11 is 0. The molecule has 1 N–H and O–H groups in total. The molecule has 3 atom stereocenters. The molecule has 120 valence electrons. The van der Waals surface area contributed by atoms with E-state index in [-0.39, 0.29) is 46.6 Å². The summed E-state index contributed by atoms with van der Waals surface area (Å²) in [5.74, 6) is -0.646. The van der Waals surface area contributed by atoms with Gasteiger partial charge in [0.1, 0.15) is 11.9 Å². The van der Waals surface area contributed by atoms with Gasteiger partial charge in [-0.3, -0.25) is 9.59 Å². The van der Waals surface area contributed by atoms with Gasteiger partial charge in [-0.05, 0) is 25.5 Å². The van der Waals surface area contributed by atoms with Gasteiger partial charge in [0.2, 0.25) is 5.78 Å². The van der Waals surface area contributed by atoms with Crippen LogP contribution in [-0.4, -0.2) is 36.2 Å². The molecule has 1 aromatic rings. The molecule has 1 fully saturated rings. The van der Waals surface area contributed by atoms with Crippen molar-refractivity contribution in [3.63, 3.8) is 0 Å². The van der Waals surface area contributed by atoms with Crippen LogP contribution in [0.5, 0.6) is 5.75 Å². The van der Waals surface area contributed by atoms with Crippen LogP contribution in [0.3, 0.4) is 0 Å². The van der Waals surface area contributed by atoms with Crippen LogP contribution in [0.1, 0.15) is 51.8 Å². The number of phenols is 1. The molecular weight excluding hydrogens is 300 g/mol. The SMILES string of the molecule is COC1=C(C)C(=O)c2c(cc(O)c3c2CC2OC(C)OC32)C1=O. The van der Waals surface area contributed by atoms with Gasteiger partial charge in [0, 0.05) is 28.7 Å². The first-order chi connectivity index (χ1) is 10.9. The quantitative estimate of drug-likeness (QED) is 0.854. The molecule has 0 aromatic heterocycles. The van der Waals surface area contributed by atoms with Gasteiger partial charge >= 0.3 is 0 Å². The molecule has 1 aromatic carbocycles. The van der Waals surface area contributed by atoms with Crippen molar-refractivity contribution in [1.29, 1.82) is 0 Å². The standard InChI is InChI=1S/C17H16O6/c1-6-14(19)12-8-5-11-17(23-7(2)22-11)13(8)10(18)4-9(12)15(20)16(6)21-3/h4,7,11,17-18H,5H2,1-3H3. The van der Waals surface area contributed by atoms with Crippen LogP contribution in [0.25, 0.3) is 0 Å². The Morgan fingerprint density at radius 3 is 2.70 bits per heavy atom. The first kappa shape index (κ1) is 14.4. The van der Waals surface area contributed by atoms with E-state index >= 15 is 0 Å². The highest BCUT2D eigenvalue weighted by molar-refractivity contribution is 6.26. The monoisotopic (exact) mass is 316 g/mol. The van der Waals surface area contributed by atoms with E-state index in [1.54, 1.807) is 13.8 Å². The zero-order valence-electron chi connectivity index (χ0n) is 13.0. The van der Waals surface area contributed by atoms with Crippen LogP contribution in [-0.2, 0) is 20.6 Å². The molecule has 1 heterocycles. The van der Waals surface area contributed by atoms with E-state index in [1.807, 2.05) is 0 Å². The summed E-state index contributed by atoms with van der Waals surface area (Å²) in [4.78, 5) is 25.3. The van der Waals surface area contributed by atoms with Crippen molar-refractivity contribution in [2.24, 2.45) is 0 Å². The number of ketones is 2. The fourth-order valence-electron chi connectivity index (χ4n) is 3.79. The Bertz CT molecular complexity index is 791. The molecule has 23 heavy (non-hydrogen) atoms. The second-order valence-electron chi connectivity index (χ2n) is 6.03. The third-order valence-electron chi connectivity index (χ3n) is 4.75. The van der Waals surface area contributed by atoms with E-state index in [4.69, 9.17) is 14.2 Å². The number of benzene rings is 1. The largest absolute Gasteiger partial charge is 0.508 e. The molecule has 3 unspecified atom stereocenters. The number of rotatable bonds is 1. The van der Waals surface area contributed by atoms with Crippen LogP contribution < -0.4 is 0 Å². The Morgan fingerprint density at radius 1 is 1.26 bits per heavy atom. The molecular formula is C17H16O6. The summed E-state index contributed by atoms with van der Waals surface area (Å²) < 4.78 is 16.4. The molecule has 1 aliphatic heterocycles. The highest BCUT2D eigenvalue weighted by Crippen LogP contribution is 2.49. The van der Waals surface area contributed by atoms with Crippen molar-refractivity contribution >= 4 is 11.6 Å². The molecule has 6 nitrogen and oxygen atoms in total. The number of ether oxygens (including phenoxy) is 3. The molecule has 3 aliphatic rings. The van der Waals surface area contributed by atoms with E-state index in [2.05, 4.69) is 0 Å². The Balaban J connectivity index is 1.94. The molecule has 0 saturated carbocycles. The highest BCUT2D eigenvalue weighted by Gasteiger charge is 2.47. The van der Waals surface area contributed by atoms with Crippen molar-refractivity contribution in [2.45, 2.75) is 38.8 Å². The molecule has 0 radical (unpaired) electrons. The Kier molecular flexibility index (Phi) is 2.92. The molecule has 0 bridgehead atoms. The van der Waals surface area contributed by atoms with Crippen molar-refractivity contribution in [1.82, 2.24) is 0 Å². The first-order valence-corrected chi connectivity index (χ1v) is 7.48. The normalized spacial score (nSPS) is 28.7. The van der Waals surface area contributed by atoms with Gasteiger partial charge in [0.25, 0.3) is 0 Å². The molecule has 6 heteroatoms. The summed E-state index contributed by atoms with van der Waals surface area (Å²) in [5.41, 5.74) is 2.02. The van der Waals surface area contributed by atoms with Gasteiger partial charge in [-0.2, -0.15) is 0 Å². The number of allylic oxidation sites excluding steroid dienone is 2. The van der Waals surface area contributed by atoms with Gasteiger partial charge in [-0.15, -0.1) is 0 Å². The van der Waals surface area contributed by atoms with Crippen molar-refractivity contribution in [3.8, 4) is 5.75 Å². The number of carbonyl (C=O) groups is 2. The van der Waals surface area contributed by atoms with Crippen LogP contribution in [0.15, 0.2) is 17.4 Å². The lowest BCUT2D eigenvalue weighted by molar-refractivity contribution is -0.0534. The zero-order valence-corrected chi connectivity index (χ0v) is 13.0. The molecule has 4 rings (SSSR count). The highest BCUT2D eigenvalue weighted by atomic mass is 16.7. The van der Waals surface area contributed by atoms with E-state index in [1.165, 1.54) is 13.2 Å². The van der Waals surface area contributed by atoms with Gasteiger partial charge in [0.05, 0.1) is 13.2 Å². The topological polar surface area (TPSA) is 82.1 Å². The minimum atomic E-state index is -0.402. The maximum Gasteiger partial charge on any atom is 0.228 e. The summed E-state index contributed by atoms with van der Waals surface area (Å²) in [7, 11) is 1.36. The fraction of sp³-hybridized carbons (Fsp3) is 0.412. The second kappa shape index (κ2) is 4.66. The zero-order chi connectivity index (χ0) is 16.5. The molecule has 2 aliphatic carbocycles. The second-order valence-corrected chi connectivity index (χ2v) is 6.03. The van der Waals surface area contributed by atoms with Crippen LogP contribution >= 0.6 is 0 Å². The van der Waals surface area contributed by atoms with Crippen molar-refractivity contribution < 1.29 is 28.9 Å². The minimum Gasteiger partial charge on any atom is -0.508 e. The van der Waals surface area contributed by atoms with E-state index in [0.717, 1.165) is 0 Å². The smallest absolute Gasteiger partial charge is 0.228 e. The van der Waals surface area contributed by atoms with Crippen molar-refractivity contribution in [3.05, 3.63) is 39.7 Å².